The smallest absolute Gasteiger partial charge is 0.222 e. The molecule has 462 valence electrons. The van der Waals surface area contributed by atoms with Gasteiger partial charge in [-0.15, -0.1) is 19.3 Å². The maximum Gasteiger partial charge on any atom is 0.222 e. The lowest BCUT2D eigenvalue weighted by molar-refractivity contribution is -0.933. The Balaban J connectivity index is 0.000000452. The number of alkyl halides is 1. The molecular formula is C62H127FN8O8+8. The minimum Gasteiger partial charge on any atom is -0.391 e. The molecule has 5 heterocycles. The highest BCUT2D eigenvalue weighted by Gasteiger charge is 2.40. The van der Waals surface area contributed by atoms with Crippen LogP contribution in [0.3, 0.4) is 0 Å². The number of halogens is 1. The molecule has 5 unspecified atom stereocenters. The van der Waals surface area contributed by atoms with Crippen LogP contribution in [0.5, 0.6) is 0 Å². The van der Waals surface area contributed by atoms with Crippen molar-refractivity contribution in [3.8, 4) is 37.0 Å². The van der Waals surface area contributed by atoms with Gasteiger partial charge < -0.3 is 72.2 Å². The molecule has 8 rings (SSSR count). The Hall–Kier alpha value is -2.03. The molecular weight excluding hydrogens is 1000 g/mol. The van der Waals surface area contributed by atoms with Crippen LogP contribution in [0, 0.1) is 48.9 Å². The van der Waals surface area contributed by atoms with E-state index in [1.54, 1.807) is 0 Å². The van der Waals surface area contributed by atoms with Crippen molar-refractivity contribution in [3.05, 3.63) is 0 Å². The summed E-state index contributed by atoms with van der Waals surface area (Å²) in [5.74, 6) is 9.86. The van der Waals surface area contributed by atoms with Crippen molar-refractivity contribution in [2.24, 2.45) is 11.8 Å². The molecule has 0 amide bonds. The second-order valence-electron chi connectivity index (χ2n) is 28.5. The van der Waals surface area contributed by atoms with Gasteiger partial charge in [0.05, 0.1) is 176 Å². The third kappa shape index (κ3) is 30.4. The lowest BCUT2D eigenvalue weighted by atomic mass is 10.2. The molecule has 8 N–H and O–H groups in total. The zero-order valence-electron chi connectivity index (χ0n) is 52.8. The maximum atomic E-state index is 12.4. The Morgan fingerprint density at radius 1 is 0.456 bits per heavy atom. The molecule has 0 aromatic heterocycles. The Bertz CT molecular complexity index is 1710. The van der Waals surface area contributed by atoms with Crippen molar-refractivity contribution in [1.29, 1.82) is 0 Å². The first kappa shape index (κ1) is 75.0. The van der Waals surface area contributed by atoms with E-state index in [-0.39, 0.29) is 38.3 Å². The number of rotatable bonds is 18. The van der Waals surface area contributed by atoms with Gasteiger partial charge in [0.2, 0.25) is 6.80 Å². The van der Waals surface area contributed by atoms with E-state index < -0.39 is 0 Å². The lowest BCUT2D eigenvalue weighted by Crippen LogP contribution is -2.49. The van der Waals surface area contributed by atoms with Gasteiger partial charge in [0.25, 0.3) is 0 Å². The quantitative estimate of drug-likeness (QED) is 0.0586. The van der Waals surface area contributed by atoms with Crippen LogP contribution in [0.1, 0.15) is 89.9 Å². The normalized spacial score (nSPS) is 31.3. The molecule has 5 aliphatic heterocycles. The molecule has 79 heavy (non-hydrogen) atoms. The van der Waals surface area contributed by atoms with E-state index in [1.807, 2.05) is 7.05 Å². The fraction of sp³-hybridized carbons (Fsp3) is 0.903. The molecule has 0 bridgehead atoms. The van der Waals surface area contributed by atoms with Crippen molar-refractivity contribution in [1.82, 2.24) is 0 Å². The Labute approximate surface area is 483 Å². The maximum absolute atomic E-state index is 12.4. The molecule has 0 radical (unpaired) electrons. The summed E-state index contributed by atoms with van der Waals surface area (Å²) >= 11 is 0. The molecule has 3 saturated carbocycles. The number of likely N-dealkylation sites (tertiary alicyclic amines) is 5. The second kappa shape index (κ2) is 36.0. The molecule has 0 spiro atoms. The van der Waals surface area contributed by atoms with E-state index in [4.69, 9.17) is 49.9 Å². The summed E-state index contributed by atoms with van der Waals surface area (Å²) < 4.78 is 19.3. The van der Waals surface area contributed by atoms with Crippen molar-refractivity contribution >= 4 is 0 Å². The van der Waals surface area contributed by atoms with Gasteiger partial charge in [-0.1, -0.05) is 0 Å². The molecule has 3 aliphatic carbocycles. The summed E-state index contributed by atoms with van der Waals surface area (Å²) in [5, 5.41) is 71.3. The Morgan fingerprint density at radius 2 is 0.823 bits per heavy atom. The van der Waals surface area contributed by atoms with Crippen LogP contribution >= 0.6 is 0 Å². The second-order valence-corrected chi connectivity index (χ2v) is 28.5. The highest BCUT2D eigenvalue weighted by Crippen LogP contribution is 2.32. The van der Waals surface area contributed by atoms with Gasteiger partial charge in [-0.3, -0.25) is 4.48 Å². The van der Waals surface area contributed by atoms with Crippen LogP contribution in [-0.2, 0) is 0 Å². The molecule has 0 aromatic carbocycles. The molecule has 8 fully saturated rings. The zero-order valence-corrected chi connectivity index (χ0v) is 52.8. The first-order valence-corrected chi connectivity index (χ1v) is 30.4. The van der Waals surface area contributed by atoms with Gasteiger partial charge in [0, 0.05) is 76.0 Å². The summed E-state index contributed by atoms with van der Waals surface area (Å²) in [5.41, 5.74) is 0. The Morgan fingerprint density at radius 3 is 1.09 bits per heavy atom. The number of quaternary nitrogens is 8. The lowest BCUT2D eigenvalue weighted by Gasteiger charge is -2.33. The third-order valence-electron chi connectivity index (χ3n) is 18.6. The minimum absolute atomic E-state index is 0.125. The van der Waals surface area contributed by atoms with Gasteiger partial charge in [0.1, 0.15) is 82.7 Å². The van der Waals surface area contributed by atoms with Gasteiger partial charge in [-0.05, 0) is 43.4 Å². The summed E-state index contributed by atoms with van der Waals surface area (Å²) in [6, 6.07) is 1.87. The summed E-state index contributed by atoms with van der Waals surface area (Å²) in [6.07, 6.45) is 32.4. The van der Waals surface area contributed by atoms with E-state index in [2.05, 4.69) is 95.3 Å². The van der Waals surface area contributed by atoms with Crippen LogP contribution in [0.25, 0.3) is 0 Å². The van der Waals surface area contributed by atoms with Crippen molar-refractivity contribution < 1.29 is 81.1 Å². The van der Waals surface area contributed by atoms with E-state index >= 15 is 0 Å². The first-order chi connectivity index (χ1) is 36.9. The average molecular weight is 1130 g/mol. The average Bonchev–Trinajstić information content (AvgIpc) is 4.33. The van der Waals surface area contributed by atoms with Crippen LogP contribution in [0.4, 0.5) is 4.39 Å². The minimum atomic E-state index is -0.342. The number of hydrogen-bond acceptors (Lipinski definition) is 8. The highest BCUT2D eigenvalue weighted by atomic mass is 19.1. The number of terminal acetylenes is 3. The molecule has 16 nitrogen and oxygen atoms in total. The fourth-order valence-corrected chi connectivity index (χ4v) is 12.1. The largest absolute Gasteiger partial charge is 0.391 e. The molecule has 17 heteroatoms. The number of aliphatic hydroxyl groups excluding tert-OH is 8. The van der Waals surface area contributed by atoms with E-state index in [0.717, 1.165) is 160 Å². The molecule has 5 saturated heterocycles. The SMILES string of the molecule is C#CC[N+]1(C)CCC[C@H]1CO.C#CC[N+]1(C)CC[C@@H](O)C1.C#CC[N+]1(C)CC[C@H](O)C1.C[N+](C)(CCO)C1CC1.C[N+](C)(CCO)CC1CC1.C[N+](C)(CCO)CC1CC1.C[N+]1(C)CCCC1CO.C[N+]1(CF)CCC[C@H]1CO. The number of hydrogen-bond donors (Lipinski definition) is 8. The van der Waals surface area contributed by atoms with Crippen LogP contribution < -0.4 is 0 Å². The highest BCUT2D eigenvalue weighted by molar-refractivity contribution is 4.86. The van der Waals surface area contributed by atoms with E-state index in [1.165, 1.54) is 77.4 Å². The summed E-state index contributed by atoms with van der Waals surface area (Å²) in [6.45, 7) is 15.7. The van der Waals surface area contributed by atoms with E-state index in [0.29, 0.717) is 43.0 Å². The van der Waals surface area contributed by atoms with Crippen molar-refractivity contribution in [3.63, 3.8) is 0 Å². The molecule has 9 atom stereocenters. The van der Waals surface area contributed by atoms with Gasteiger partial charge in [-0.2, -0.15) is 4.39 Å². The third-order valence-corrected chi connectivity index (χ3v) is 18.6. The topological polar surface area (TPSA) is 162 Å². The monoisotopic (exact) mass is 1130 g/mol. The molecule has 8 aliphatic rings. The molecule has 0 aromatic rings. The number of aliphatic hydroxyl groups is 8. The van der Waals surface area contributed by atoms with Gasteiger partial charge >= 0.3 is 0 Å². The summed E-state index contributed by atoms with van der Waals surface area (Å²) in [7, 11) is 25.7. The van der Waals surface area contributed by atoms with Crippen molar-refractivity contribution in [2.45, 2.75) is 126 Å². The number of nitrogens with zero attached hydrogens (tertiary/aromatic N) is 8. The van der Waals surface area contributed by atoms with Gasteiger partial charge in [-0.25, -0.2) is 0 Å². The van der Waals surface area contributed by atoms with Crippen molar-refractivity contribution in [2.75, 3.05) is 229 Å². The number of likely N-dealkylation sites (N-methyl/N-ethyl adjacent to an activating group) is 8. The Kier molecular flexibility index (Phi) is 34.1. The fourth-order valence-electron chi connectivity index (χ4n) is 12.1. The van der Waals surface area contributed by atoms with Gasteiger partial charge in [0.15, 0.2) is 0 Å². The van der Waals surface area contributed by atoms with Crippen LogP contribution in [-0.4, -0.2) is 342 Å². The predicted molar refractivity (Wildman–Crippen MR) is 320 cm³/mol. The summed E-state index contributed by atoms with van der Waals surface area (Å²) in [4.78, 5) is 0. The standard InChI is InChI=1S/C9H16NO.2C8H18NO.2C8H14NO.C7H15FNO.2C7H16NO/c1-3-6-10(2)7-4-5-9(10)8-11;2*1-9(2,5-6-10)7-8-3-4-8;2*1-3-5-9(2)6-4-8(10)7-9;1-9(6-8)4-2-3-7(9)5-10;1-8(2,5-6-9)7-3-4-7;1-8(2)5-3-4-7(8)6-9/h1,9,11H,4-8H2,2H3;2*8,10H,3-7H2,1-2H3;2*1,8,10H,4-7H2,2H3;7,10H,2-6H2,1H3;2*7,9H,3-6H2,1-2H3/q8*+1/t9-,10?;;;2*8-,9?;7-,9?;;/m0..100../s1. The first-order valence-electron chi connectivity index (χ1n) is 30.4. The van der Waals surface area contributed by atoms with E-state index in [9.17, 15) is 14.6 Å². The van der Waals surface area contributed by atoms with Crippen LogP contribution in [0.2, 0.25) is 0 Å². The van der Waals surface area contributed by atoms with Crippen LogP contribution in [0.15, 0.2) is 0 Å². The predicted octanol–water partition coefficient (Wildman–Crippen LogP) is 1.76. The zero-order chi connectivity index (χ0) is 60.2.